The Balaban J connectivity index is 1.94. The maximum Gasteiger partial charge on any atom is 0.228 e. The van der Waals surface area contributed by atoms with Gasteiger partial charge in [0.2, 0.25) is 5.91 Å². The van der Waals surface area contributed by atoms with Gasteiger partial charge in [-0.3, -0.25) is 4.79 Å². The van der Waals surface area contributed by atoms with Crippen LogP contribution in [0.3, 0.4) is 0 Å². The molecule has 3 heteroatoms. The topological polar surface area (TPSA) is 32.3 Å². The standard InChI is InChI=1S/C16H24N2O/c1-12(2)13-6-8-15(9-7-13)17-16(19)14-5-4-10-18(3)11-14/h6-9,12,14H,4-5,10-11H2,1-3H3,(H,17,19)/t14-/m1/s1. The Labute approximate surface area is 116 Å². The molecule has 1 fully saturated rings. The van der Waals surface area contributed by atoms with Crippen molar-refractivity contribution in [2.45, 2.75) is 32.6 Å². The molecule has 0 radical (unpaired) electrons. The zero-order chi connectivity index (χ0) is 13.8. The molecule has 2 rings (SSSR count). The van der Waals surface area contributed by atoms with Gasteiger partial charge in [-0.1, -0.05) is 26.0 Å². The summed E-state index contributed by atoms with van der Waals surface area (Å²) in [7, 11) is 2.08. The first-order valence-electron chi connectivity index (χ1n) is 7.15. The van der Waals surface area contributed by atoms with Crippen LogP contribution in [0.4, 0.5) is 5.69 Å². The van der Waals surface area contributed by atoms with Crippen molar-refractivity contribution in [3.63, 3.8) is 0 Å². The Kier molecular flexibility index (Phi) is 4.59. The second-order valence-electron chi connectivity index (χ2n) is 5.87. The smallest absolute Gasteiger partial charge is 0.228 e. The third-order valence-corrected chi connectivity index (χ3v) is 3.84. The van der Waals surface area contributed by atoms with Crippen molar-refractivity contribution >= 4 is 11.6 Å². The van der Waals surface area contributed by atoms with Gasteiger partial charge in [0.05, 0.1) is 5.92 Å². The van der Waals surface area contributed by atoms with Crippen molar-refractivity contribution in [2.24, 2.45) is 5.92 Å². The molecule has 1 aromatic carbocycles. The lowest BCUT2D eigenvalue weighted by Gasteiger charge is -2.28. The first-order chi connectivity index (χ1) is 9.06. The average Bonchev–Trinajstić information content (AvgIpc) is 2.39. The first-order valence-corrected chi connectivity index (χ1v) is 7.15. The number of likely N-dealkylation sites (tertiary alicyclic amines) is 1. The zero-order valence-corrected chi connectivity index (χ0v) is 12.1. The second-order valence-corrected chi connectivity index (χ2v) is 5.87. The van der Waals surface area contributed by atoms with Crippen LogP contribution >= 0.6 is 0 Å². The molecule has 0 aromatic heterocycles. The summed E-state index contributed by atoms with van der Waals surface area (Å²) in [6.07, 6.45) is 2.11. The van der Waals surface area contributed by atoms with E-state index < -0.39 is 0 Å². The maximum atomic E-state index is 12.2. The number of benzene rings is 1. The molecule has 19 heavy (non-hydrogen) atoms. The van der Waals surface area contributed by atoms with Crippen LogP contribution in [0.15, 0.2) is 24.3 Å². The summed E-state index contributed by atoms with van der Waals surface area (Å²) in [4.78, 5) is 14.4. The molecule has 0 bridgehead atoms. The van der Waals surface area contributed by atoms with E-state index in [9.17, 15) is 4.79 Å². The van der Waals surface area contributed by atoms with Gasteiger partial charge in [0.15, 0.2) is 0 Å². The van der Waals surface area contributed by atoms with Gasteiger partial charge < -0.3 is 10.2 Å². The van der Waals surface area contributed by atoms with Gasteiger partial charge in [0.25, 0.3) is 0 Å². The Morgan fingerprint density at radius 2 is 2.00 bits per heavy atom. The van der Waals surface area contributed by atoms with Crippen LogP contribution in [0.1, 0.15) is 38.2 Å². The lowest BCUT2D eigenvalue weighted by molar-refractivity contribution is -0.121. The lowest BCUT2D eigenvalue weighted by atomic mass is 9.97. The molecule has 1 aliphatic heterocycles. The molecule has 3 nitrogen and oxygen atoms in total. The van der Waals surface area contributed by atoms with E-state index in [1.807, 2.05) is 12.1 Å². The van der Waals surface area contributed by atoms with Crippen molar-refractivity contribution in [1.82, 2.24) is 4.90 Å². The number of hydrogen-bond acceptors (Lipinski definition) is 2. The van der Waals surface area contributed by atoms with Gasteiger partial charge in [0, 0.05) is 12.2 Å². The van der Waals surface area contributed by atoms with Crippen LogP contribution in [-0.4, -0.2) is 30.9 Å². The maximum absolute atomic E-state index is 12.2. The zero-order valence-electron chi connectivity index (χ0n) is 12.1. The quantitative estimate of drug-likeness (QED) is 0.905. The molecular formula is C16H24N2O. The van der Waals surface area contributed by atoms with Gasteiger partial charge in [-0.15, -0.1) is 0 Å². The predicted molar refractivity (Wildman–Crippen MR) is 79.4 cm³/mol. The number of rotatable bonds is 3. The van der Waals surface area contributed by atoms with Crippen molar-refractivity contribution in [1.29, 1.82) is 0 Å². The predicted octanol–water partition coefficient (Wildman–Crippen LogP) is 3.09. The van der Waals surface area contributed by atoms with Crippen LogP contribution in [0.25, 0.3) is 0 Å². The van der Waals surface area contributed by atoms with Crippen LogP contribution in [-0.2, 0) is 4.79 Å². The molecule has 0 saturated carbocycles. The summed E-state index contributed by atoms with van der Waals surface area (Å²) in [6.45, 7) is 6.32. The van der Waals surface area contributed by atoms with E-state index >= 15 is 0 Å². The summed E-state index contributed by atoms with van der Waals surface area (Å²) in [5.74, 6) is 0.809. The van der Waals surface area contributed by atoms with E-state index in [4.69, 9.17) is 0 Å². The highest BCUT2D eigenvalue weighted by Crippen LogP contribution is 2.20. The average molecular weight is 260 g/mol. The highest BCUT2D eigenvalue weighted by Gasteiger charge is 2.23. The highest BCUT2D eigenvalue weighted by molar-refractivity contribution is 5.92. The fourth-order valence-electron chi connectivity index (χ4n) is 2.58. The third kappa shape index (κ3) is 3.80. The minimum absolute atomic E-state index is 0.128. The minimum atomic E-state index is 0.128. The Bertz CT molecular complexity index is 425. The number of amides is 1. The number of carbonyl (C=O) groups excluding carboxylic acids is 1. The molecule has 0 unspecified atom stereocenters. The van der Waals surface area contributed by atoms with Crippen molar-refractivity contribution in [3.8, 4) is 0 Å². The van der Waals surface area contributed by atoms with Crippen molar-refractivity contribution < 1.29 is 4.79 Å². The summed E-state index contributed by atoms with van der Waals surface area (Å²) in [5, 5.41) is 3.03. The minimum Gasteiger partial charge on any atom is -0.326 e. The van der Waals surface area contributed by atoms with Gasteiger partial charge >= 0.3 is 0 Å². The highest BCUT2D eigenvalue weighted by atomic mass is 16.1. The van der Waals surface area contributed by atoms with E-state index in [2.05, 4.69) is 43.2 Å². The molecule has 1 heterocycles. The number of nitrogens with zero attached hydrogens (tertiary/aromatic N) is 1. The number of piperidine rings is 1. The molecule has 0 spiro atoms. The molecular weight excluding hydrogens is 236 g/mol. The van der Waals surface area contributed by atoms with Crippen molar-refractivity contribution in [3.05, 3.63) is 29.8 Å². The van der Waals surface area contributed by atoms with Crippen LogP contribution in [0, 0.1) is 5.92 Å². The van der Waals surface area contributed by atoms with Crippen LogP contribution in [0.5, 0.6) is 0 Å². The lowest BCUT2D eigenvalue weighted by Crippen LogP contribution is -2.38. The molecule has 104 valence electrons. The Morgan fingerprint density at radius 3 is 2.58 bits per heavy atom. The van der Waals surface area contributed by atoms with Crippen LogP contribution in [0.2, 0.25) is 0 Å². The number of anilines is 1. The van der Waals surface area contributed by atoms with E-state index in [-0.39, 0.29) is 11.8 Å². The summed E-state index contributed by atoms with van der Waals surface area (Å²) < 4.78 is 0. The molecule has 1 amide bonds. The van der Waals surface area contributed by atoms with E-state index in [0.29, 0.717) is 5.92 Å². The molecule has 1 aromatic rings. The molecule has 1 saturated heterocycles. The van der Waals surface area contributed by atoms with E-state index in [0.717, 1.165) is 31.6 Å². The van der Waals surface area contributed by atoms with Gasteiger partial charge in [-0.25, -0.2) is 0 Å². The van der Waals surface area contributed by atoms with Crippen LogP contribution < -0.4 is 5.32 Å². The van der Waals surface area contributed by atoms with Gasteiger partial charge in [-0.05, 0) is 50.0 Å². The third-order valence-electron chi connectivity index (χ3n) is 3.84. The summed E-state index contributed by atoms with van der Waals surface area (Å²) in [6, 6.07) is 8.18. The summed E-state index contributed by atoms with van der Waals surface area (Å²) >= 11 is 0. The molecule has 0 aliphatic carbocycles. The largest absolute Gasteiger partial charge is 0.326 e. The monoisotopic (exact) mass is 260 g/mol. The first kappa shape index (κ1) is 14.1. The number of hydrogen-bond donors (Lipinski definition) is 1. The fourth-order valence-corrected chi connectivity index (χ4v) is 2.58. The van der Waals surface area contributed by atoms with Crippen molar-refractivity contribution in [2.75, 3.05) is 25.5 Å². The van der Waals surface area contributed by atoms with E-state index in [1.165, 1.54) is 5.56 Å². The molecule has 1 N–H and O–H groups in total. The number of nitrogens with one attached hydrogen (secondary N) is 1. The van der Waals surface area contributed by atoms with Gasteiger partial charge in [0.1, 0.15) is 0 Å². The molecule has 1 aliphatic rings. The van der Waals surface area contributed by atoms with E-state index in [1.54, 1.807) is 0 Å². The normalized spacial score (nSPS) is 20.5. The SMILES string of the molecule is CC(C)c1ccc(NC(=O)[C@@H]2CCCN(C)C2)cc1. The molecule has 1 atom stereocenters. The Morgan fingerprint density at radius 1 is 1.32 bits per heavy atom. The summed E-state index contributed by atoms with van der Waals surface area (Å²) in [5.41, 5.74) is 2.21. The van der Waals surface area contributed by atoms with Gasteiger partial charge in [-0.2, -0.15) is 0 Å². The Hall–Kier alpha value is -1.35. The second kappa shape index (κ2) is 6.20. The fraction of sp³-hybridized carbons (Fsp3) is 0.562. The number of carbonyl (C=O) groups is 1.